The third kappa shape index (κ3) is 2.35. The molecule has 1 N–H and O–H groups in total. The number of nitrogens with one attached hydrogen (secondary N) is 1. The van der Waals surface area contributed by atoms with Crippen LogP contribution in [0.15, 0.2) is 36.4 Å². The van der Waals surface area contributed by atoms with Crippen molar-refractivity contribution in [3.63, 3.8) is 0 Å². The predicted molar refractivity (Wildman–Crippen MR) is 113 cm³/mol. The molecule has 2 aromatic carbocycles. The van der Waals surface area contributed by atoms with Gasteiger partial charge in [-0.15, -0.1) is 0 Å². The third-order valence-corrected chi connectivity index (χ3v) is 6.43. The van der Waals surface area contributed by atoms with Crippen molar-refractivity contribution >= 4 is 33.6 Å². The molecule has 1 atom stereocenters. The Bertz CT molecular complexity index is 1350. The molecule has 7 heteroatoms. The van der Waals surface area contributed by atoms with Crippen LogP contribution in [0.5, 0.6) is 0 Å². The number of aryl methyl sites for hydroxylation is 1. The minimum Gasteiger partial charge on any atom is -0.465 e. The summed E-state index contributed by atoms with van der Waals surface area (Å²) in [6.45, 7) is 0.878. The zero-order valence-corrected chi connectivity index (χ0v) is 16.8. The summed E-state index contributed by atoms with van der Waals surface area (Å²) >= 11 is 0. The highest BCUT2D eigenvalue weighted by atomic mass is 19.1. The molecular weight excluding hydrogens is 383 g/mol. The van der Waals surface area contributed by atoms with E-state index >= 15 is 0 Å². The van der Waals surface area contributed by atoms with E-state index in [0.29, 0.717) is 28.8 Å². The third-order valence-electron chi connectivity index (χ3n) is 6.43. The van der Waals surface area contributed by atoms with Gasteiger partial charge in [0.2, 0.25) is 0 Å². The number of methoxy groups -OCH3 is 1. The van der Waals surface area contributed by atoms with Crippen molar-refractivity contribution in [1.82, 2.24) is 14.1 Å². The first-order valence-electron chi connectivity index (χ1n) is 10.2. The number of benzene rings is 2. The molecule has 30 heavy (non-hydrogen) atoms. The smallest absolute Gasteiger partial charge is 0.338 e. The number of halogens is 1. The lowest BCUT2D eigenvalue weighted by molar-refractivity contribution is 0.0600. The van der Waals surface area contributed by atoms with Crippen molar-refractivity contribution in [1.29, 1.82) is 0 Å². The van der Waals surface area contributed by atoms with Crippen LogP contribution in [0.3, 0.4) is 0 Å². The molecule has 1 saturated carbocycles. The lowest BCUT2D eigenvalue weighted by Crippen LogP contribution is -2.26. The van der Waals surface area contributed by atoms with Crippen molar-refractivity contribution in [3.05, 3.63) is 47.8 Å². The number of hydrogen-bond donors (Lipinski definition) is 1. The molecule has 0 amide bonds. The van der Waals surface area contributed by atoms with Gasteiger partial charge in [-0.1, -0.05) is 12.1 Å². The minimum atomic E-state index is -0.573. The lowest BCUT2D eigenvalue weighted by atomic mass is 10.1. The molecule has 152 valence electrons. The zero-order chi connectivity index (χ0) is 20.6. The summed E-state index contributed by atoms with van der Waals surface area (Å²) in [4.78, 5) is 16.7. The van der Waals surface area contributed by atoms with Gasteiger partial charge in [-0.3, -0.25) is 0 Å². The van der Waals surface area contributed by atoms with Gasteiger partial charge in [-0.2, -0.15) is 0 Å². The maximum atomic E-state index is 14.9. The summed E-state index contributed by atoms with van der Waals surface area (Å²) < 4.78 is 23.9. The number of carbonyl (C=O) groups excluding carboxylic acids is 1. The lowest BCUT2D eigenvalue weighted by Gasteiger charge is -2.29. The molecule has 1 aliphatic heterocycles. The number of aromatic nitrogens is 3. The first-order valence-corrected chi connectivity index (χ1v) is 10.2. The van der Waals surface area contributed by atoms with Crippen LogP contribution < -0.4 is 5.32 Å². The molecule has 2 aromatic heterocycles. The highest BCUT2D eigenvalue weighted by Crippen LogP contribution is 2.47. The maximum absolute atomic E-state index is 14.9. The van der Waals surface area contributed by atoms with Gasteiger partial charge >= 0.3 is 5.97 Å². The van der Waals surface area contributed by atoms with Gasteiger partial charge < -0.3 is 19.2 Å². The summed E-state index contributed by atoms with van der Waals surface area (Å²) in [5.74, 6) is 0.291. The second-order valence-electron chi connectivity index (χ2n) is 8.24. The average Bonchev–Trinajstić information content (AvgIpc) is 3.44. The SMILES string of the molecule is COC(=O)c1cc(F)c2c(c1)nc(-c1cc3cccc4c3n1C(C1CC1)CN4)n2C. The standard InChI is InChI=1S/C23H21FN4O2/c1-27-21-15(24)8-14(23(29)30-2)9-17(21)26-22(27)18-10-13-4-3-5-16-20(13)28(18)19(11-25-16)12-6-7-12/h3-5,8-10,12,19,25H,6-7,11H2,1-2H3. The fourth-order valence-corrected chi connectivity index (χ4v) is 4.87. The molecule has 0 bridgehead atoms. The van der Waals surface area contributed by atoms with Crippen LogP contribution in [-0.4, -0.2) is 33.7 Å². The topological polar surface area (TPSA) is 61.1 Å². The van der Waals surface area contributed by atoms with E-state index in [0.717, 1.165) is 23.3 Å². The first-order chi connectivity index (χ1) is 14.6. The number of anilines is 1. The van der Waals surface area contributed by atoms with E-state index in [1.807, 2.05) is 13.1 Å². The van der Waals surface area contributed by atoms with Gasteiger partial charge in [0.1, 0.15) is 11.3 Å². The van der Waals surface area contributed by atoms with E-state index in [9.17, 15) is 9.18 Å². The largest absolute Gasteiger partial charge is 0.465 e. The number of rotatable bonds is 3. The molecule has 0 saturated heterocycles. The Morgan fingerprint density at radius 2 is 2.07 bits per heavy atom. The van der Waals surface area contributed by atoms with E-state index < -0.39 is 11.8 Å². The van der Waals surface area contributed by atoms with Gasteiger partial charge in [-0.25, -0.2) is 14.2 Å². The van der Waals surface area contributed by atoms with Crippen LogP contribution >= 0.6 is 0 Å². The molecule has 0 radical (unpaired) electrons. The molecule has 2 aliphatic rings. The highest BCUT2D eigenvalue weighted by Gasteiger charge is 2.37. The number of esters is 1. The van der Waals surface area contributed by atoms with Crippen LogP contribution in [0.2, 0.25) is 0 Å². The Hall–Kier alpha value is -3.35. The number of nitrogens with zero attached hydrogens (tertiary/aromatic N) is 3. The molecule has 6 nitrogen and oxygen atoms in total. The summed E-state index contributed by atoms with van der Waals surface area (Å²) in [5, 5.41) is 4.72. The van der Waals surface area contributed by atoms with Crippen LogP contribution in [0.25, 0.3) is 33.5 Å². The van der Waals surface area contributed by atoms with Gasteiger partial charge in [0.15, 0.2) is 5.82 Å². The van der Waals surface area contributed by atoms with Crippen LogP contribution in [0.1, 0.15) is 29.2 Å². The van der Waals surface area contributed by atoms with E-state index in [2.05, 4.69) is 28.1 Å². The van der Waals surface area contributed by atoms with Crippen LogP contribution in [0, 0.1) is 11.7 Å². The summed E-state index contributed by atoms with van der Waals surface area (Å²) in [5.41, 5.74) is 4.27. The number of ether oxygens (including phenoxy) is 1. The van der Waals surface area contributed by atoms with E-state index in [-0.39, 0.29) is 5.56 Å². The second kappa shape index (κ2) is 6.08. The number of imidazole rings is 1. The monoisotopic (exact) mass is 404 g/mol. The average molecular weight is 404 g/mol. The molecule has 3 heterocycles. The molecule has 6 rings (SSSR count). The molecule has 1 unspecified atom stereocenters. The fourth-order valence-electron chi connectivity index (χ4n) is 4.87. The predicted octanol–water partition coefficient (Wildman–Crippen LogP) is 4.50. The van der Waals surface area contributed by atoms with Crippen molar-refractivity contribution in [3.8, 4) is 11.5 Å². The van der Waals surface area contributed by atoms with Gasteiger partial charge in [-0.05, 0) is 43.0 Å². The van der Waals surface area contributed by atoms with Crippen molar-refractivity contribution in [2.24, 2.45) is 13.0 Å². The van der Waals surface area contributed by atoms with Gasteiger partial charge in [0.25, 0.3) is 0 Å². The number of carbonyl (C=O) groups is 1. The summed E-state index contributed by atoms with van der Waals surface area (Å²) in [7, 11) is 3.11. The number of para-hydroxylation sites is 1. The maximum Gasteiger partial charge on any atom is 0.338 e. The Labute approximate surface area is 172 Å². The molecular formula is C23H21FN4O2. The van der Waals surface area contributed by atoms with Gasteiger partial charge in [0.05, 0.1) is 41.1 Å². The first kappa shape index (κ1) is 17.5. The minimum absolute atomic E-state index is 0.163. The highest BCUT2D eigenvalue weighted by molar-refractivity contribution is 5.98. The Kier molecular flexibility index (Phi) is 3.54. The Balaban J connectivity index is 1.62. The fraction of sp³-hybridized carbons (Fsp3) is 0.304. The molecule has 1 fully saturated rings. The molecule has 4 aromatic rings. The van der Waals surface area contributed by atoms with Crippen molar-refractivity contribution in [2.45, 2.75) is 18.9 Å². The second-order valence-corrected chi connectivity index (χ2v) is 8.24. The van der Waals surface area contributed by atoms with E-state index in [1.54, 1.807) is 10.6 Å². The molecule has 1 aliphatic carbocycles. The van der Waals surface area contributed by atoms with E-state index in [1.165, 1.54) is 31.5 Å². The zero-order valence-electron chi connectivity index (χ0n) is 16.8. The van der Waals surface area contributed by atoms with Crippen molar-refractivity contribution < 1.29 is 13.9 Å². The van der Waals surface area contributed by atoms with Crippen molar-refractivity contribution in [2.75, 3.05) is 19.0 Å². The van der Waals surface area contributed by atoms with Gasteiger partial charge in [0, 0.05) is 19.0 Å². The number of hydrogen-bond acceptors (Lipinski definition) is 4. The summed E-state index contributed by atoms with van der Waals surface area (Å²) in [6, 6.07) is 11.6. The number of fused-ring (bicyclic) bond motifs is 1. The van der Waals surface area contributed by atoms with Crippen LogP contribution in [0.4, 0.5) is 10.1 Å². The quantitative estimate of drug-likeness (QED) is 0.511. The van der Waals surface area contributed by atoms with Crippen LogP contribution in [-0.2, 0) is 11.8 Å². The Morgan fingerprint density at radius 3 is 2.83 bits per heavy atom. The molecule has 0 spiro atoms. The normalized spacial score (nSPS) is 18.0. The van der Waals surface area contributed by atoms with E-state index in [4.69, 9.17) is 9.72 Å². The Morgan fingerprint density at radius 1 is 1.23 bits per heavy atom. The summed E-state index contributed by atoms with van der Waals surface area (Å²) in [6.07, 6.45) is 2.46.